The van der Waals surface area contributed by atoms with Crippen molar-refractivity contribution in [2.24, 2.45) is 5.73 Å². The molecule has 0 saturated carbocycles. The zero-order valence-electron chi connectivity index (χ0n) is 17.6. The van der Waals surface area contributed by atoms with E-state index in [9.17, 15) is 14.4 Å². The first-order valence-corrected chi connectivity index (χ1v) is 9.84. The Bertz CT molecular complexity index is 853. The number of amides is 2. The van der Waals surface area contributed by atoms with Crippen molar-refractivity contribution >= 4 is 17.8 Å². The summed E-state index contributed by atoms with van der Waals surface area (Å²) >= 11 is 0. The first-order valence-electron chi connectivity index (χ1n) is 9.84. The standard InChI is InChI=1S/C23H29N3O4/c1-16(26-22(29)23(3,24)14-18-10-6-4-7-11-18)20(27)25-17(2)21(28)30-15-19-12-8-5-9-13-19/h4-13,16-17H,14-15,24H2,1-3H3,(H,25,27)(H,26,29)/t16-,17-,23-/m0/s1. The molecule has 3 atom stereocenters. The summed E-state index contributed by atoms with van der Waals surface area (Å²) in [6, 6.07) is 16.9. The Morgan fingerprint density at radius 1 is 0.900 bits per heavy atom. The van der Waals surface area contributed by atoms with Crippen LogP contribution in [0.2, 0.25) is 0 Å². The van der Waals surface area contributed by atoms with E-state index in [-0.39, 0.29) is 6.61 Å². The van der Waals surface area contributed by atoms with Gasteiger partial charge in [-0.25, -0.2) is 4.79 Å². The van der Waals surface area contributed by atoms with Crippen molar-refractivity contribution in [2.45, 2.75) is 51.4 Å². The van der Waals surface area contributed by atoms with Gasteiger partial charge >= 0.3 is 5.97 Å². The topological polar surface area (TPSA) is 111 Å². The van der Waals surface area contributed by atoms with E-state index in [0.29, 0.717) is 6.42 Å². The van der Waals surface area contributed by atoms with Gasteiger partial charge in [-0.2, -0.15) is 0 Å². The molecule has 0 spiro atoms. The summed E-state index contributed by atoms with van der Waals surface area (Å²) in [6.45, 7) is 4.80. The Kier molecular flexibility index (Phi) is 8.12. The van der Waals surface area contributed by atoms with Crippen molar-refractivity contribution in [1.29, 1.82) is 0 Å². The molecule has 7 heteroatoms. The van der Waals surface area contributed by atoms with Crippen LogP contribution in [0, 0.1) is 0 Å². The van der Waals surface area contributed by atoms with Crippen LogP contribution in [-0.4, -0.2) is 35.4 Å². The summed E-state index contributed by atoms with van der Waals surface area (Å²) in [5.74, 6) is -1.50. The third-order valence-corrected chi connectivity index (χ3v) is 4.61. The Morgan fingerprint density at radius 3 is 2.00 bits per heavy atom. The van der Waals surface area contributed by atoms with Crippen molar-refractivity contribution in [3.8, 4) is 0 Å². The molecular weight excluding hydrogens is 382 g/mol. The number of nitrogens with two attached hydrogens (primary N) is 1. The molecule has 0 radical (unpaired) electrons. The number of carbonyl (C=O) groups excluding carboxylic acids is 3. The lowest BCUT2D eigenvalue weighted by Gasteiger charge is -2.26. The molecule has 0 heterocycles. The van der Waals surface area contributed by atoms with Crippen LogP contribution in [0.1, 0.15) is 31.9 Å². The molecule has 2 aromatic carbocycles. The summed E-state index contributed by atoms with van der Waals surface area (Å²) in [4.78, 5) is 37.0. The number of carbonyl (C=O) groups is 3. The van der Waals surface area contributed by atoms with Crippen LogP contribution in [0.5, 0.6) is 0 Å². The Balaban J connectivity index is 1.82. The van der Waals surface area contributed by atoms with E-state index in [1.165, 1.54) is 13.8 Å². The van der Waals surface area contributed by atoms with Crippen molar-refractivity contribution < 1.29 is 19.1 Å². The minimum absolute atomic E-state index is 0.122. The minimum atomic E-state index is -1.18. The summed E-state index contributed by atoms with van der Waals surface area (Å²) < 4.78 is 5.21. The van der Waals surface area contributed by atoms with Crippen LogP contribution < -0.4 is 16.4 Å². The van der Waals surface area contributed by atoms with Gasteiger partial charge < -0.3 is 21.1 Å². The van der Waals surface area contributed by atoms with Crippen molar-refractivity contribution in [2.75, 3.05) is 0 Å². The number of nitrogens with one attached hydrogen (secondary N) is 2. The number of hydrogen-bond acceptors (Lipinski definition) is 5. The predicted molar refractivity (Wildman–Crippen MR) is 114 cm³/mol. The molecule has 0 aliphatic rings. The molecule has 0 aliphatic carbocycles. The first kappa shape index (κ1) is 23.1. The highest BCUT2D eigenvalue weighted by Gasteiger charge is 2.31. The second kappa shape index (κ2) is 10.5. The van der Waals surface area contributed by atoms with Crippen LogP contribution in [0.15, 0.2) is 60.7 Å². The maximum atomic E-state index is 12.6. The lowest BCUT2D eigenvalue weighted by Crippen LogP contribution is -2.58. The van der Waals surface area contributed by atoms with E-state index in [1.54, 1.807) is 6.92 Å². The number of hydrogen-bond donors (Lipinski definition) is 3. The molecule has 7 nitrogen and oxygen atoms in total. The largest absolute Gasteiger partial charge is 0.459 e. The van der Waals surface area contributed by atoms with E-state index in [0.717, 1.165) is 11.1 Å². The molecule has 2 rings (SSSR count). The van der Waals surface area contributed by atoms with E-state index >= 15 is 0 Å². The Labute approximate surface area is 177 Å². The molecular formula is C23H29N3O4. The highest BCUT2D eigenvalue weighted by atomic mass is 16.5. The number of ether oxygens (including phenoxy) is 1. The lowest BCUT2D eigenvalue weighted by atomic mass is 9.92. The molecule has 0 fully saturated rings. The van der Waals surface area contributed by atoms with E-state index in [4.69, 9.17) is 10.5 Å². The normalized spacial score (nSPS) is 14.7. The van der Waals surface area contributed by atoms with E-state index < -0.39 is 35.4 Å². The van der Waals surface area contributed by atoms with Crippen LogP contribution in [-0.2, 0) is 32.1 Å². The zero-order valence-corrected chi connectivity index (χ0v) is 17.6. The SMILES string of the molecule is C[C@H](NC(=O)[C@@](C)(N)Cc1ccccc1)C(=O)N[C@@H](C)C(=O)OCc1ccccc1. The highest BCUT2D eigenvalue weighted by Crippen LogP contribution is 2.11. The van der Waals surface area contributed by atoms with Gasteiger partial charge in [-0.3, -0.25) is 9.59 Å². The summed E-state index contributed by atoms with van der Waals surface area (Å²) in [5.41, 5.74) is 6.76. The van der Waals surface area contributed by atoms with Crippen molar-refractivity contribution in [3.05, 3.63) is 71.8 Å². The molecule has 4 N–H and O–H groups in total. The van der Waals surface area contributed by atoms with Gasteiger partial charge in [-0.1, -0.05) is 60.7 Å². The average molecular weight is 412 g/mol. The number of rotatable bonds is 9. The molecule has 0 bridgehead atoms. The van der Waals surface area contributed by atoms with Gasteiger partial charge in [0.15, 0.2) is 0 Å². The van der Waals surface area contributed by atoms with Gasteiger partial charge in [0.1, 0.15) is 18.7 Å². The van der Waals surface area contributed by atoms with Crippen molar-refractivity contribution in [3.63, 3.8) is 0 Å². The van der Waals surface area contributed by atoms with Crippen molar-refractivity contribution in [1.82, 2.24) is 10.6 Å². The van der Waals surface area contributed by atoms with Gasteiger partial charge in [0.2, 0.25) is 11.8 Å². The molecule has 160 valence electrons. The third-order valence-electron chi connectivity index (χ3n) is 4.61. The molecule has 0 aromatic heterocycles. The third kappa shape index (κ3) is 7.00. The average Bonchev–Trinajstić information content (AvgIpc) is 2.72. The van der Waals surface area contributed by atoms with Gasteiger partial charge in [0.05, 0.1) is 5.54 Å². The van der Waals surface area contributed by atoms with Gasteiger partial charge in [-0.05, 0) is 38.3 Å². The smallest absolute Gasteiger partial charge is 0.328 e. The van der Waals surface area contributed by atoms with Crippen LogP contribution in [0.25, 0.3) is 0 Å². The van der Waals surface area contributed by atoms with Gasteiger partial charge in [0.25, 0.3) is 0 Å². The molecule has 2 amide bonds. The molecule has 0 unspecified atom stereocenters. The Hall–Kier alpha value is -3.19. The van der Waals surface area contributed by atoms with Gasteiger partial charge in [-0.15, -0.1) is 0 Å². The van der Waals surface area contributed by atoms with Crippen LogP contribution in [0.3, 0.4) is 0 Å². The lowest BCUT2D eigenvalue weighted by molar-refractivity contribution is -0.148. The number of benzene rings is 2. The fourth-order valence-corrected chi connectivity index (χ4v) is 2.78. The maximum absolute atomic E-state index is 12.6. The summed E-state index contributed by atoms with van der Waals surface area (Å²) in [7, 11) is 0. The second-order valence-corrected chi connectivity index (χ2v) is 7.60. The predicted octanol–water partition coefficient (Wildman–Crippen LogP) is 1.70. The zero-order chi connectivity index (χ0) is 22.1. The molecule has 2 aromatic rings. The fraction of sp³-hybridized carbons (Fsp3) is 0.348. The quantitative estimate of drug-likeness (QED) is 0.544. The number of esters is 1. The molecule has 0 saturated heterocycles. The minimum Gasteiger partial charge on any atom is -0.459 e. The Morgan fingerprint density at radius 2 is 1.43 bits per heavy atom. The fourth-order valence-electron chi connectivity index (χ4n) is 2.78. The van der Waals surface area contributed by atoms with Crippen LogP contribution in [0.4, 0.5) is 0 Å². The monoisotopic (exact) mass is 411 g/mol. The van der Waals surface area contributed by atoms with E-state index in [1.807, 2.05) is 60.7 Å². The van der Waals surface area contributed by atoms with Crippen LogP contribution >= 0.6 is 0 Å². The summed E-state index contributed by atoms with van der Waals surface area (Å²) in [5, 5.41) is 5.17. The molecule has 30 heavy (non-hydrogen) atoms. The van der Waals surface area contributed by atoms with Gasteiger partial charge in [0, 0.05) is 0 Å². The van der Waals surface area contributed by atoms with E-state index in [2.05, 4.69) is 10.6 Å². The second-order valence-electron chi connectivity index (χ2n) is 7.60. The maximum Gasteiger partial charge on any atom is 0.328 e. The summed E-state index contributed by atoms with van der Waals surface area (Å²) in [6.07, 6.45) is 0.330. The highest BCUT2D eigenvalue weighted by molar-refractivity contribution is 5.93. The first-order chi connectivity index (χ1) is 14.2. The molecule has 0 aliphatic heterocycles.